The molecule has 0 N–H and O–H groups in total. The second-order valence-corrected chi connectivity index (χ2v) is 8.16. The Labute approximate surface area is 143 Å². The Morgan fingerprint density at radius 1 is 0.958 bits per heavy atom. The lowest BCUT2D eigenvalue weighted by molar-refractivity contribution is 0.0875. The van der Waals surface area contributed by atoms with Crippen LogP contribution in [0.5, 0.6) is 0 Å². The minimum absolute atomic E-state index is 0.100. The van der Waals surface area contributed by atoms with E-state index in [1.54, 1.807) is 24.3 Å². The van der Waals surface area contributed by atoms with Crippen molar-refractivity contribution in [3.63, 3.8) is 0 Å². The summed E-state index contributed by atoms with van der Waals surface area (Å²) in [5, 5.41) is 0. The molecule has 0 amide bonds. The van der Waals surface area contributed by atoms with Gasteiger partial charge in [0.1, 0.15) is 0 Å². The van der Waals surface area contributed by atoms with E-state index in [9.17, 15) is 13.2 Å². The maximum atomic E-state index is 12.7. The van der Waals surface area contributed by atoms with Crippen molar-refractivity contribution in [2.45, 2.75) is 24.7 Å². The third kappa shape index (κ3) is 3.42. The number of Topliss-reactive ketones (excluding diaryl/α,β-unsaturated/α-hetero) is 1. The van der Waals surface area contributed by atoms with E-state index in [1.165, 1.54) is 4.31 Å². The van der Waals surface area contributed by atoms with Crippen molar-refractivity contribution in [1.82, 2.24) is 4.31 Å². The average molecular weight is 343 g/mol. The van der Waals surface area contributed by atoms with Gasteiger partial charge in [-0.1, -0.05) is 48.0 Å². The van der Waals surface area contributed by atoms with Gasteiger partial charge in [0.25, 0.3) is 0 Å². The molecular weight excluding hydrogens is 322 g/mol. The molecule has 4 nitrogen and oxygen atoms in total. The summed E-state index contributed by atoms with van der Waals surface area (Å²) in [6.45, 7) is 2.70. The fraction of sp³-hybridized carbons (Fsp3) is 0.316. The van der Waals surface area contributed by atoms with Crippen molar-refractivity contribution in [3.05, 3.63) is 65.7 Å². The molecule has 1 saturated heterocycles. The van der Waals surface area contributed by atoms with Crippen molar-refractivity contribution in [1.29, 1.82) is 0 Å². The molecule has 1 fully saturated rings. The number of piperidine rings is 1. The third-order valence-corrected chi connectivity index (χ3v) is 6.45. The first-order valence-corrected chi connectivity index (χ1v) is 9.58. The Hall–Kier alpha value is -1.98. The second kappa shape index (κ2) is 6.87. The number of rotatable bonds is 4. The molecule has 1 heterocycles. The molecule has 0 aliphatic carbocycles. The molecule has 0 radical (unpaired) electrons. The van der Waals surface area contributed by atoms with Crippen molar-refractivity contribution >= 4 is 15.8 Å². The number of aryl methyl sites for hydroxylation is 1. The summed E-state index contributed by atoms with van der Waals surface area (Å²) in [6, 6.07) is 16.1. The highest BCUT2D eigenvalue weighted by atomic mass is 32.2. The van der Waals surface area contributed by atoms with Crippen molar-refractivity contribution < 1.29 is 13.2 Å². The highest BCUT2D eigenvalue weighted by molar-refractivity contribution is 7.89. The minimum Gasteiger partial charge on any atom is -0.294 e. The van der Waals surface area contributed by atoms with Crippen LogP contribution >= 0.6 is 0 Å². The number of sulfonamides is 1. The van der Waals surface area contributed by atoms with E-state index < -0.39 is 10.0 Å². The van der Waals surface area contributed by atoms with Crippen LogP contribution in [-0.2, 0) is 10.0 Å². The number of carbonyl (C=O) groups excluding carboxylic acids is 1. The summed E-state index contributed by atoms with van der Waals surface area (Å²) in [5.41, 5.74) is 1.73. The first kappa shape index (κ1) is 16.9. The van der Waals surface area contributed by atoms with Gasteiger partial charge in [0.05, 0.1) is 4.90 Å². The van der Waals surface area contributed by atoms with E-state index in [2.05, 4.69) is 0 Å². The van der Waals surface area contributed by atoms with E-state index in [-0.39, 0.29) is 11.7 Å². The smallest absolute Gasteiger partial charge is 0.243 e. The monoisotopic (exact) mass is 343 g/mol. The summed E-state index contributed by atoms with van der Waals surface area (Å²) in [5.74, 6) is 0.0138. The van der Waals surface area contributed by atoms with Gasteiger partial charge in [0.2, 0.25) is 10.0 Å². The SMILES string of the molecule is Cc1ccc(S(=O)(=O)N2CCC(C(=O)c3ccccc3)CC2)cc1. The van der Waals surface area contributed by atoms with Crippen LogP contribution in [0.25, 0.3) is 0 Å². The number of nitrogens with zero attached hydrogens (tertiary/aromatic N) is 1. The van der Waals surface area contributed by atoms with Crippen LogP contribution in [-0.4, -0.2) is 31.6 Å². The van der Waals surface area contributed by atoms with E-state index >= 15 is 0 Å². The standard InChI is InChI=1S/C19H21NO3S/c1-15-7-9-18(10-8-15)24(22,23)20-13-11-17(12-14-20)19(21)16-5-3-2-4-6-16/h2-10,17H,11-14H2,1H3. The highest BCUT2D eigenvalue weighted by Crippen LogP contribution is 2.26. The van der Waals surface area contributed by atoms with Crippen LogP contribution < -0.4 is 0 Å². The molecule has 126 valence electrons. The van der Waals surface area contributed by atoms with Crippen molar-refractivity contribution in [2.24, 2.45) is 5.92 Å². The molecule has 0 spiro atoms. The van der Waals surface area contributed by atoms with E-state index in [0.717, 1.165) is 5.56 Å². The zero-order valence-electron chi connectivity index (χ0n) is 13.7. The molecule has 2 aromatic carbocycles. The Balaban J connectivity index is 1.68. The highest BCUT2D eigenvalue weighted by Gasteiger charge is 2.32. The Bertz CT molecular complexity index is 805. The van der Waals surface area contributed by atoms with Gasteiger partial charge in [-0.25, -0.2) is 8.42 Å². The largest absolute Gasteiger partial charge is 0.294 e. The van der Waals surface area contributed by atoms with Crippen LogP contribution in [0.1, 0.15) is 28.8 Å². The molecule has 0 aromatic heterocycles. The summed E-state index contributed by atoms with van der Waals surface area (Å²) in [6.07, 6.45) is 1.14. The van der Waals surface area contributed by atoms with Gasteiger partial charge in [-0.05, 0) is 31.9 Å². The van der Waals surface area contributed by atoms with Crippen LogP contribution in [0, 0.1) is 12.8 Å². The molecule has 0 saturated carbocycles. The molecule has 3 rings (SSSR count). The number of ketones is 1. The molecular formula is C19H21NO3S. The normalized spacial score (nSPS) is 16.9. The lowest BCUT2D eigenvalue weighted by Gasteiger charge is -2.30. The van der Waals surface area contributed by atoms with E-state index in [1.807, 2.05) is 37.3 Å². The molecule has 1 aliphatic heterocycles. The Kier molecular flexibility index (Phi) is 4.83. The maximum Gasteiger partial charge on any atom is 0.243 e. The number of hydrogen-bond donors (Lipinski definition) is 0. The second-order valence-electron chi connectivity index (χ2n) is 6.22. The van der Waals surface area contributed by atoms with Crippen molar-refractivity contribution in [2.75, 3.05) is 13.1 Å². The maximum absolute atomic E-state index is 12.7. The fourth-order valence-electron chi connectivity index (χ4n) is 3.06. The Morgan fingerprint density at radius 3 is 2.12 bits per heavy atom. The van der Waals surface area contributed by atoms with Gasteiger partial charge >= 0.3 is 0 Å². The minimum atomic E-state index is -3.47. The summed E-state index contributed by atoms with van der Waals surface area (Å²) < 4.78 is 26.9. The molecule has 0 unspecified atom stereocenters. The summed E-state index contributed by atoms with van der Waals surface area (Å²) in [7, 11) is -3.47. The molecule has 0 bridgehead atoms. The van der Waals surface area contributed by atoms with Gasteiger partial charge in [-0.2, -0.15) is 4.31 Å². The lowest BCUT2D eigenvalue weighted by atomic mass is 9.90. The molecule has 1 aliphatic rings. The van der Waals surface area contributed by atoms with Crippen LogP contribution in [0.15, 0.2) is 59.5 Å². The third-order valence-electron chi connectivity index (χ3n) is 4.54. The Morgan fingerprint density at radius 2 is 1.54 bits per heavy atom. The van der Waals surface area contributed by atoms with Gasteiger partial charge in [-0.3, -0.25) is 4.79 Å². The molecule has 5 heteroatoms. The van der Waals surface area contributed by atoms with Crippen LogP contribution in [0.2, 0.25) is 0 Å². The van der Waals surface area contributed by atoms with Gasteiger partial charge < -0.3 is 0 Å². The summed E-state index contributed by atoms with van der Waals surface area (Å²) >= 11 is 0. The molecule has 0 atom stereocenters. The molecule has 2 aromatic rings. The van der Waals surface area contributed by atoms with Gasteiger partial charge in [0, 0.05) is 24.6 Å². The van der Waals surface area contributed by atoms with Gasteiger partial charge in [0.15, 0.2) is 5.78 Å². The fourth-order valence-corrected chi connectivity index (χ4v) is 4.53. The van der Waals surface area contributed by atoms with E-state index in [0.29, 0.717) is 36.4 Å². The number of hydrogen-bond acceptors (Lipinski definition) is 3. The average Bonchev–Trinajstić information content (AvgIpc) is 2.62. The number of carbonyl (C=O) groups is 1. The van der Waals surface area contributed by atoms with Crippen LogP contribution in [0.4, 0.5) is 0 Å². The summed E-state index contributed by atoms with van der Waals surface area (Å²) in [4.78, 5) is 12.8. The van der Waals surface area contributed by atoms with Gasteiger partial charge in [-0.15, -0.1) is 0 Å². The first-order chi connectivity index (χ1) is 11.5. The lowest BCUT2D eigenvalue weighted by Crippen LogP contribution is -2.40. The predicted molar refractivity (Wildman–Crippen MR) is 93.4 cm³/mol. The first-order valence-electron chi connectivity index (χ1n) is 8.14. The van der Waals surface area contributed by atoms with Crippen molar-refractivity contribution in [3.8, 4) is 0 Å². The zero-order valence-corrected chi connectivity index (χ0v) is 14.5. The van der Waals surface area contributed by atoms with Crippen LogP contribution in [0.3, 0.4) is 0 Å². The number of benzene rings is 2. The van der Waals surface area contributed by atoms with E-state index in [4.69, 9.17) is 0 Å². The zero-order chi connectivity index (χ0) is 17.2. The predicted octanol–water partition coefficient (Wildman–Crippen LogP) is 3.28. The molecule has 24 heavy (non-hydrogen) atoms. The quantitative estimate of drug-likeness (QED) is 0.801. The topological polar surface area (TPSA) is 54.5 Å².